The topological polar surface area (TPSA) is 47.8 Å². The Morgan fingerprint density at radius 2 is 2.11 bits per heavy atom. The van der Waals surface area contributed by atoms with Gasteiger partial charge in [-0.2, -0.15) is 0 Å². The molecule has 4 nitrogen and oxygen atoms in total. The molecule has 0 spiro atoms. The summed E-state index contributed by atoms with van der Waals surface area (Å²) in [6.07, 6.45) is 0. The Kier molecular flexibility index (Phi) is 4.14. The average molecular weight is 284 g/mol. The van der Waals surface area contributed by atoms with Crippen LogP contribution in [0.2, 0.25) is 5.02 Å². The van der Waals surface area contributed by atoms with Crippen LogP contribution in [-0.2, 0) is 29.4 Å². The molecule has 0 fully saturated rings. The molecule has 6 heteroatoms. The maximum atomic E-state index is 12.0. The predicted molar refractivity (Wildman–Crippen MR) is 72.7 cm³/mol. The molecular weight excluding hydrogens is 270 g/mol. The van der Waals surface area contributed by atoms with E-state index in [1.54, 1.807) is 6.07 Å². The standard InChI is InChI=1S/C12H14ClN3OS/c1-9-14-15-12(16(9)2)8-18(17)7-10-4-3-5-11(13)6-10/h3-6H,7-8H2,1-2H3/t18-/m0/s1. The maximum absolute atomic E-state index is 12.0. The molecule has 0 aliphatic rings. The number of hydrogen-bond acceptors (Lipinski definition) is 3. The molecule has 1 aromatic carbocycles. The van der Waals surface area contributed by atoms with Gasteiger partial charge in [-0.1, -0.05) is 23.7 Å². The summed E-state index contributed by atoms with van der Waals surface area (Å²) in [5, 5.41) is 8.62. The van der Waals surface area contributed by atoms with Gasteiger partial charge in [0.1, 0.15) is 11.6 Å². The normalized spacial score (nSPS) is 12.6. The van der Waals surface area contributed by atoms with Crippen molar-refractivity contribution >= 4 is 22.4 Å². The van der Waals surface area contributed by atoms with Crippen LogP contribution >= 0.6 is 11.6 Å². The molecule has 0 aliphatic carbocycles. The first kappa shape index (κ1) is 13.2. The second-order valence-electron chi connectivity index (χ2n) is 4.08. The molecule has 0 saturated carbocycles. The van der Waals surface area contributed by atoms with Gasteiger partial charge < -0.3 is 4.57 Å². The van der Waals surface area contributed by atoms with Gasteiger partial charge in [-0.15, -0.1) is 10.2 Å². The number of hydrogen-bond donors (Lipinski definition) is 0. The zero-order valence-corrected chi connectivity index (χ0v) is 11.8. The molecule has 2 aromatic rings. The Morgan fingerprint density at radius 1 is 1.33 bits per heavy atom. The van der Waals surface area contributed by atoms with Crippen LogP contribution in [0.4, 0.5) is 0 Å². The highest BCUT2D eigenvalue weighted by atomic mass is 35.5. The largest absolute Gasteiger partial charge is 0.318 e. The molecule has 0 aliphatic heterocycles. The van der Waals surface area contributed by atoms with E-state index < -0.39 is 10.8 Å². The van der Waals surface area contributed by atoms with Crippen molar-refractivity contribution < 1.29 is 4.21 Å². The van der Waals surface area contributed by atoms with Crippen LogP contribution in [0.3, 0.4) is 0 Å². The Bertz CT molecular complexity index is 582. The number of aromatic nitrogens is 3. The molecule has 1 atom stereocenters. The highest BCUT2D eigenvalue weighted by Crippen LogP contribution is 2.13. The van der Waals surface area contributed by atoms with E-state index in [0.29, 0.717) is 16.5 Å². The highest BCUT2D eigenvalue weighted by molar-refractivity contribution is 7.83. The van der Waals surface area contributed by atoms with E-state index in [4.69, 9.17) is 11.6 Å². The van der Waals surface area contributed by atoms with Crippen molar-refractivity contribution in [3.8, 4) is 0 Å². The van der Waals surface area contributed by atoms with Crippen molar-refractivity contribution in [3.63, 3.8) is 0 Å². The Balaban J connectivity index is 2.03. The van der Waals surface area contributed by atoms with Crippen LogP contribution < -0.4 is 0 Å². The molecule has 0 N–H and O–H groups in total. The molecule has 18 heavy (non-hydrogen) atoms. The minimum Gasteiger partial charge on any atom is -0.318 e. The summed E-state index contributed by atoms with van der Waals surface area (Å²) in [5.74, 6) is 2.45. The molecule has 0 radical (unpaired) electrons. The summed E-state index contributed by atoms with van der Waals surface area (Å²) >= 11 is 5.89. The fourth-order valence-corrected chi connectivity index (χ4v) is 2.99. The maximum Gasteiger partial charge on any atom is 0.145 e. The minimum atomic E-state index is -1.01. The molecule has 2 rings (SSSR count). The molecule has 1 aromatic heterocycles. The SMILES string of the molecule is Cc1nnc(C[S@@](=O)Cc2cccc(Cl)c2)n1C. The summed E-state index contributed by atoms with van der Waals surface area (Å²) in [5.41, 5.74) is 0.972. The third-order valence-electron chi connectivity index (χ3n) is 2.69. The Morgan fingerprint density at radius 3 is 2.72 bits per heavy atom. The molecule has 0 unspecified atom stereocenters. The lowest BCUT2D eigenvalue weighted by Gasteiger charge is -2.03. The van der Waals surface area contributed by atoms with Gasteiger partial charge in [0.2, 0.25) is 0 Å². The van der Waals surface area contributed by atoms with Crippen molar-refractivity contribution in [2.75, 3.05) is 0 Å². The van der Waals surface area contributed by atoms with Crippen molar-refractivity contribution in [1.82, 2.24) is 14.8 Å². The van der Waals surface area contributed by atoms with Crippen molar-refractivity contribution in [2.24, 2.45) is 7.05 Å². The van der Waals surface area contributed by atoms with Crippen LogP contribution in [0.25, 0.3) is 0 Å². The predicted octanol–water partition coefficient (Wildman–Crippen LogP) is 2.23. The van der Waals surface area contributed by atoms with E-state index in [1.165, 1.54) is 0 Å². The second-order valence-corrected chi connectivity index (χ2v) is 5.97. The van der Waals surface area contributed by atoms with Gasteiger partial charge in [0.15, 0.2) is 0 Å². The van der Waals surface area contributed by atoms with Crippen molar-refractivity contribution in [3.05, 3.63) is 46.5 Å². The van der Waals surface area contributed by atoms with Crippen LogP contribution in [0.5, 0.6) is 0 Å². The van der Waals surface area contributed by atoms with E-state index in [1.807, 2.05) is 36.7 Å². The molecule has 0 saturated heterocycles. The molecule has 1 heterocycles. The monoisotopic (exact) mass is 283 g/mol. The quantitative estimate of drug-likeness (QED) is 0.864. The van der Waals surface area contributed by atoms with Gasteiger partial charge in [-0.25, -0.2) is 0 Å². The zero-order valence-electron chi connectivity index (χ0n) is 10.3. The minimum absolute atomic E-state index is 0.407. The fourth-order valence-electron chi connectivity index (χ4n) is 1.58. The van der Waals surface area contributed by atoms with Crippen LogP contribution in [0.15, 0.2) is 24.3 Å². The summed E-state index contributed by atoms with van der Waals surface area (Å²) in [6, 6.07) is 7.43. The van der Waals surface area contributed by atoms with Gasteiger partial charge in [-0.05, 0) is 24.6 Å². The number of nitrogens with zero attached hydrogens (tertiary/aromatic N) is 3. The van der Waals surface area contributed by atoms with Gasteiger partial charge in [0, 0.05) is 28.6 Å². The number of benzene rings is 1. The summed E-state index contributed by atoms with van der Waals surface area (Å²) in [4.78, 5) is 0. The summed E-state index contributed by atoms with van der Waals surface area (Å²) in [7, 11) is 0.867. The van der Waals surface area contributed by atoms with Crippen molar-refractivity contribution in [2.45, 2.75) is 18.4 Å². The summed E-state index contributed by atoms with van der Waals surface area (Å²) in [6.45, 7) is 1.87. The lowest BCUT2D eigenvalue weighted by molar-refractivity contribution is 0.678. The van der Waals surface area contributed by atoms with E-state index in [-0.39, 0.29) is 0 Å². The second kappa shape index (κ2) is 5.63. The average Bonchev–Trinajstić information content (AvgIpc) is 2.61. The Hall–Kier alpha value is -1.20. The van der Waals surface area contributed by atoms with Gasteiger partial charge in [-0.3, -0.25) is 4.21 Å². The third kappa shape index (κ3) is 3.17. The number of aryl methyl sites for hydroxylation is 1. The molecule has 0 amide bonds. The number of rotatable bonds is 4. The first-order valence-corrected chi connectivity index (χ1v) is 7.37. The zero-order chi connectivity index (χ0) is 13.1. The first-order chi connectivity index (χ1) is 8.56. The van der Waals surface area contributed by atoms with Crippen molar-refractivity contribution in [1.29, 1.82) is 0 Å². The van der Waals surface area contributed by atoms with E-state index in [0.717, 1.165) is 17.2 Å². The lowest BCUT2D eigenvalue weighted by Crippen LogP contribution is -2.05. The van der Waals surface area contributed by atoms with E-state index in [9.17, 15) is 4.21 Å². The van der Waals surface area contributed by atoms with Crippen LogP contribution in [0, 0.1) is 6.92 Å². The Labute approximate surface area is 113 Å². The van der Waals surface area contributed by atoms with Gasteiger partial charge >= 0.3 is 0 Å². The van der Waals surface area contributed by atoms with Crippen LogP contribution in [-0.4, -0.2) is 19.0 Å². The van der Waals surface area contributed by atoms with Crippen LogP contribution in [0.1, 0.15) is 17.2 Å². The number of halogens is 1. The van der Waals surface area contributed by atoms with Gasteiger partial charge in [0.25, 0.3) is 0 Å². The van der Waals surface area contributed by atoms with Gasteiger partial charge in [0.05, 0.1) is 5.75 Å². The fraction of sp³-hybridized carbons (Fsp3) is 0.333. The molecular formula is C12H14ClN3OS. The smallest absolute Gasteiger partial charge is 0.145 e. The highest BCUT2D eigenvalue weighted by Gasteiger charge is 2.10. The molecule has 0 bridgehead atoms. The van der Waals surface area contributed by atoms with E-state index in [2.05, 4.69) is 10.2 Å². The molecule has 96 valence electrons. The third-order valence-corrected chi connectivity index (χ3v) is 4.16. The lowest BCUT2D eigenvalue weighted by atomic mass is 10.2. The first-order valence-electron chi connectivity index (χ1n) is 5.50. The summed E-state index contributed by atoms with van der Waals surface area (Å²) < 4.78 is 13.9. The van der Waals surface area contributed by atoms with E-state index >= 15 is 0 Å².